The average molecular weight is 294 g/mol. The summed E-state index contributed by atoms with van der Waals surface area (Å²) in [6, 6.07) is 6.17. The van der Waals surface area contributed by atoms with Crippen molar-refractivity contribution in [3.05, 3.63) is 29.8 Å². The number of aliphatic hydroxyl groups excluding tert-OH is 1. The van der Waals surface area contributed by atoms with Crippen LogP contribution in [0.4, 0.5) is 5.69 Å². The number of aliphatic hydroxyl groups is 1. The summed E-state index contributed by atoms with van der Waals surface area (Å²) in [4.78, 5) is 35.1. The van der Waals surface area contributed by atoms with Gasteiger partial charge in [0.15, 0.2) is 0 Å². The molecule has 7 heteroatoms. The molecule has 0 heterocycles. The molecule has 0 bridgehead atoms. The molecular formula is C14H18N2O5. The first-order chi connectivity index (χ1) is 9.80. The van der Waals surface area contributed by atoms with Gasteiger partial charge in [-0.1, -0.05) is 12.1 Å². The highest BCUT2D eigenvalue weighted by atomic mass is 16.5. The predicted octanol–water partition coefficient (Wildman–Crippen LogP) is 0.299. The number of carbonyl (C=O) groups excluding carboxylic acids is 3. The van der Waals surface area contributed by atoms with Crippen LogP contribution >= 0.6 is 0 Å². The Kier molecular flexibility index (Phi) is 5.43. The van der Waals surface area contributed by atoms with E-state index in [1.54, 1.807) is 26.0 Å². The van der Waals surface area contributed by atoms with Crippen LogP contribution in [0.5, 0.6) is 0 Å². The van der Waals surface area contributed by atoms with Crippen LogP contribution < -0.4 is 10.6 Å². The van der Waals surface area contributed by atoms with Crippen LogP contribution in [0, 0.1) is 0 Å². The molecule has 0 atom stereocenters. The molecule has 1 aromatic carbocycles. The number of ether oxygens (including phenoxy) is 1. The maximum absolute atomic E-state index is 11.8. The summed E-state index contributed by atoms with van der Waals surface area (Å²) in [6.45, 7) is 2.83. The second kappa shape index (κ2) is 6.85. The molecule has 21 heavy (non-hydrogen) atoms. The first kappa shape index (κ1) is 16.6. The Morgan fingerprint density at radius 3 is 2.38 bits per heavy atom. The fourth-order valence-electron chi connectivity index (χ4n) is 1.46. The molecule has 3 N–H and O–H groups in total. The molecular weight excluding hydrogens is 276 g/mol. The van der Waals surface area contributed by atoms with Gasteiger partial charge in [-0.2, -0.15) is 0 Å². The number of para-hydroxylation sites is 1. The van der Waals surface area contributed by atoms with E-state index in [0.29, 0.717) is 0 Å². The molecule has 0 radical (unpaired) electrons. The number of hydrogen-bond acceptors (Lipinski definition) is 5. The third-order valence-electron chi connectivity index (χ3n) is 2.63. The van der Waals surface area contributed by atoms with E-state index < -0.39 is 23.3 Å². The normalized spacial score (nSPS) is 10.7. The summed E-state index contributed by atoms with van der Waals surface area (Å²) in [5, 5.41) is 13.8. The van der Waals surface area contributed by atoms with Crippen molar-refractivity contribution in [2.75, 3.05) is 19.0 Å². The minimum atomic E-state index is -0.937. The monoisotopic (exact) mass is 294 g/mol. The van der Waals surface area contributed by atoms with E-state index in [1.807, 2.05) is 0 Å². The maximum Gasteiger partial charge on any atom is 0.339 e. The van der Waals surface area contributed by atoms with Crippen LogP contribution in [-0.4, -0.2) is 42.1 Å². The molecule has 7 nitrogen and oxygen atoms in total. The lowest BCUT2D eigenvalue weighted by Gasteiger charge is -2.22. The molecule has 0 aliphatic carbocycles. The first-order valence-electron chi connectivity index (χ1n) is 6.22. The standard InChI is InChI=1S/C14H18N2O5/c1-14(2,8-17)16-12(19)11(18)15-10-7-5-4-6-9(10)13(20)21-3/h4-7,17H,8H2,1-3H3,(H,15,18)(H,16,19). The van der Waals surface area contributed by atoms with Gasteiger partial charge in [0.2, 0.25) is 0 Å². The number of methoxy groups -OCH3 is 1. The van der Waals surface area contributed by atoms with Crippen LogP contribution in [0.2, 0.25) is 0 Å². The molecule has 0 spiro atoms. The number of anilines is 1. The van der Waals surface area contributed by atoms with E-state index in [4.69, 9.17) is 5.11 Å². The lowest BCUT2D eigenvalue weighted by Crippen LogP contribution is -2.50. The minimum Gasteiger partial charge on any atom is -0.465 e. The fourth-order valence-corrected chi connectivity index (χ4v) is 1.46. The van der Waals surface area contributed by atoms with Crippen LogP contribution in [-0.2, 0) is 14.3 Å². The predicted molar refractivity (Wildman–Crippen MR) is 75.7 cm³/mol. The number of rotatable bonds is 4. The van der Waals surface area contributed by atoms with Gasteiger partial charge in [0, 0.05) is 0 Å². The molecule has 2 amide bonds. The molecule has 114 valence electrons. The highest BCUT2D eigenvalue weighted by Crippen LogP contribution is 2.16. The Labute approximate surface area is 122 Å². The van der Waals surface area contributed by atoms with Gasteiger partial charge in [-0.05, 0) is 26.0 Å². The number of amides is 2. The van der Waals surface area contributed by atoms with E-state index in [-0.39, 0.29) is 17.9 Å². The SMILES string of the molecule is COC(=O)c1ccccc1NC(=O)C(=O)NC(C)(C)CO. The number of esters is 1. The minimum absolute atomic E-state index is 0.141. The van der Waals surface area contributed by atoms with Gasteiger partial charge in [-0.15, -0.1) is 0 Å². The van der Waals surface area contributed by atoms with Crippen molar-refractivity contribution in [2.45, 2.75) is 19.4 Å². The highest BCUT2D eigenvalue weighted by Gasteiger charge is 2.24. The Morgan fingerprint density at radius 1 is 1.19 bits per heavy atom. The number of benzene rings is 1. The second-order valence-corrected chi connectivity index (χ2v) is 4.99. The van der Waals surface area contributed by atoms with E-state index in [2.05, 4.69) is 15.4 Å². The Bertz CT molecular complexity index is 554. The van der Waals surface area contributed by atoms with Crippen molar-refractivity contribution < 1.29 is 24.2 Å². The van der Waals surface area contributed by atoms with Gasteiger partial charge >= 0.3 is 17.8 Å². The molecule has 0 saturated carbocycles. The Hall–Kier alpha value is -2.41. The first-order valence-corrected chi connectivity index (χ1v) is 6.22. The van der Waals surface area contributed by atoms with Gasteiger partial charge < -0.3 is 20.5 Å². The van der Waals surface area contributed by atoms with Gasteiger partial charge in [0.05, 0.1) is 30.5 Å². The third kappa shape index (κ3) is 4.57. The lowest BCUT2D eigenvalue weighted by atomic mass is 10.1. The highest BCUT2D eigenvalue weighted by molar-refractivity contribution is 6.40. The zero-order valence-corrected chi connectivity index (χ0v) is 12.1. The van der Waals surface area contributed by atoms with Crippen LogP contribution in [0.3, 0.4) is 0 Å². The summed E-state index contributed by atoms with van der Waals surface area (Å²) in [5.74, 6) is -2.47. The molecule has 0 aromatic heterocycles. The van der Waals surface area contributed by atoms with Crippen molar-refractivity contribution in [2.24, 2.45) is 0 Å². The molecule has 0 aliphatic rings. The summed E-state index contributed by atoms with van der Waals surface area (Å²) in [6.07, 6.45) is 0. The van der Waals surface area contributed by atoms with Crippen molar-refractivity contribution in [1.29, 1.82) is 0 Å². The second-order valence-electron chi connectivity index (χ2n) is 4.99. The van der Waals surface area contributed by atoms with Crippen molar-refractivity contribution in [3.8, 4) is 0 Å². The summed E-state index contributed by atoms with van der Waals surface area (Å²) < 4.78 is 4.59. The molecule has 0 aliphatic heterocycles. The van der Waals surface area contributed by atoms with Gasteiger partial charge in [-0.25, -0.2) is 4.79 Å². The summed E-state index contributed by atoms with van der Waals surface area (Å²) in [5.41, 5.74) is -0.607. The topological polar surface area (TPSA) is 105 Å². The van der Waals surface area contributed by atoms with Crippen molar-refractivity contribution >= 4 is 23.5 Å². The van der Waals surface area contributed by atoms with Gasteiger partial charge in [-0.3, -0.25) is 9.59 Å². The molecule has 0 unspecified atom stereocenters. The molecule has 1 aromatic rings. The quantitative estimate of drug-likeness (QED) is 0.547. The van der Waals surface area contributed by atoms with Crippen molar-refractivity contribution in [1.82, 2.24) is 5.32 Å². The summed E-state index contributed by atoms with van der Waals surface area (Å²) >= 11 is 0. The summed E-state index contributed by atoms with van der Waals surface area (Å²) in [7, 11) is 1.22. The molecule has 1 rings (SSSR count). The maximum atomic E-state index is 11.8. The Balaban J connectivity index is 2.85. The van der Waals surface area contributed by atoms with Crippen molar-refractivity contribution in [3.63, 3.8) is 0 Å². The van der Waals surface area contributed by atoms with Crippen LogP contribution in [0.15, 0.2) is 24.3 Å². The largest absolute Gasteiger partial charge is 0.465 e. The van der Waals surface area contributed by atoms with E-state index in [1.165, 1.54) is 19.2 Å². The number of nitrogens with one attached hydrogen (secondary N) is 2. The van der Waals surface area contributed by atoms with Crippen LogP contribution in [0.25, 0.3) is 0 Å². The Morgan fingerprint density at radius 2 is 1.81 bits per heavy atom. The number of carbonyl (C=O) groups is 3. The molecule has 0 saturated heterocycles. The lowest BCUT2D eigenvalue weighted by molar-refractivity contribution is -0.137. The zero-order valence-electron chi connectivity index (χ0n) is 12.1. The van der Waals surface area contributed by atoms with E-state index in [0.717, 1.165) is 0 Å². The average Bonchev–Trinajstić information content (AvgIpc) is 2.46. The smallest absolute Gasteiger partial charge is 0.339 e. The van der Waals surface area contributed by atoms with Crippen LogP contribution in [0.1, 0.15) is 24.2 Å². The molecule has 0 fully saturated rings. The fraction of sp³-hybridized carbons (Fsp3) is 0.357. The van der Waals surface area contributed by atoms with E-state index in [9.17, 15) is 14.4 Å². The van der Waals surface area contributed by atoms with Gasteiger partial charge in [0.1, 0.15) is 0 Å². The van der Waals surface area contributed by atoms with Gasteiger partial charge in [0.25, 0.3) is 0 Å². The zero-order chi connectivity index (χ0) is 16.0. The number of hydrogen-bond donors (Lipinski definition) is 3. The third-order valence-corrected chi connectivity index (χ3v) is 2.63. The van der Waals surface area contributed by atoms with E-state index >= 15 is 0 Å².